The summed E-state index contributed by atoms with van der Waals surface area (Å²) in [4.78, 5) is 25.7. The fourth-order valence-corrected chi connectivity index (χ4v) is 4.38. The van der Waals surface area contributed by atoms with E-state index in [9.17, 15) is 24.2 Å². The van der Waals surface area contributed by atoms with Crippen LogP contribution in [0.1, 0.15) is 35.7 Å². The maximum atomic E-state index is 15.0. The van der Waals surface area contributed by atoms with E-state index in [2.05, 4.69) is 0 Å². The molecule has 1 aromatic carbocycles. The summed E-state index contributed by atoms with van der Waals surface area (Å²) in [6.07, 6.45) is 2.63. The third-order valence-electron chi connectivity index (χ3n) is 5.63. The number of carbonyl (C=O) groups is 1. The largest absolute Gasteiger partial charge is 0.477 e. The van der Waals surface area contributed by atoms with E-state index in [0.29, 0.717) is 25.0 Å². The van der Waals surface area contributed by atoms with Crippen LogP contribution in [0.2, 0.25) is 5.02 Å². The van der Waals surface area contributed by atoms with Gasteiger partial charge in [-0.3, -0.25) is 4.79 Å². The highest BCUT2D eigenvalue weighted by Gasteiger charge is 2.33. The van der Waals surface area contributed by atoms with Gasteiger partial charge in [-0.05, 0) is 25.3 Å². The first-order valence-electron chi connectivity index (χ1n) is 9.17. The van der Waals surface area contributed by atoms with Gasteiger partial charge in [0.1, 0.15) is 11.4 Å². The maximum Gasteiger partial charge on any atom is 0.341 e. The molecule has 4 rings (SSSR count). The van der Waals surface area contributed by atoms with Gasteiger partial charge in [0, 0.05) is 31.2 Å². The minimum Gasteiger partial charge on any atom is -0.477 e. The second-order valence-corrected chi connectivity index (χ2v) is 7.86. The molecule has 9 heteroatoms. The Bertz CT molecular complexity index is 1020. The number of fused-ring (bicyclic) bond motifs is 1. The number of carboxylic acid groups (broad SMARTS) is 1. The third kappa shape index (κ3) is 3.05. The van der Waals surface area contributed by atoms with Gasteiger partial charge >= 0.3 is 5.97 Å². The van der Waals surface area contributed by atoms with E-state index in [0.717, 1.165) is 18.9 Å². The molecule has 1 saturated heterocycles. The lowest BCUT2D eigenvalue weighted by molar-refractivity contribution is 0.0545. The summed E-state index contributed by atoms with van der Waals surface area (Å²) < 4.78 is 16.6. The molecule has 2 atom stereocenters. The summed E-state index contributed by atoms with van der Waals surface area (Å²) in [5, 5.41) is 28.4. The van der Waals surface area contributed by atoms with Crippen molar-refractivity contribution < 1.29 is 24.5 Å². The van der Waals surface area contributed by atoms with Crippen molar-refractivity contribution in [1.82, 2.24) is 4.57 Å². The number of nitrogens with zero attached hydrogens (tertiary/aromatic N) is 2. The molecule has 2 aromatic rings. The first-order valence-corrected chi connectivity index (χ1v) is 9.55. The molecule has 2 unspecified atom stereocenters. The van der Waals surface area contributed by atoms with Crippen LogP contribution in [0.4, 0.5) is 10.1 Å². The SMILES string of the molecule is O=C(O)c1cn(C2CC2)c2c(Cl)c(N3CCC(C(O)CO)C3)c(F)cc2c1=O. The predicted octanol–water partition coefficient (Wildman–Crippen LogP) is 2.01. The van der Waals surface area contributed by atoms with Gasteiger partial charge in [-0.25, -0.2) is 9.18 Å². The van der Waals surface area contributed by atoms with Crippen molar-refractivity contribution in [3.63, 3.8) is 0 Å². The summed E-state index contributed by atoms with van der Waals surface area (Å²) in [6.45, 7) is 0.404. The normalized spacial score (nSPS) is 20.7. The molecule has 2 fully saturated rings. The van der Waals surface area contributed by atoms with Gasteiger partial charge < -0.3 is 24.8 Å². The van der Waals surface area contributed by atoms with Crippen LogP contribution in [-0.2, 0) is 0 Å². The molecule has 1 aliphatic carbocycles. The number of aliphatic hydroxyl groups excluding tert-OH is 2. The standard InChI is InChI=1S/C19H20ClFN2O5/c20-15-16-11(18(26)12(19(27)28)7-23(16)10-1-2-10)5-13(21)17(15)22-4-3-9(6-22)14(25)8-24/h5,7,9-10,14,24-25H,1-4,6,8H2,(H,27,28). The van der Waals surface area contributed by atoms with Crippen molar-refractivity contribution in [3.8, 4) is 0 Å². The molecule has 1 aromatic heterocycles. The van der Waals surface area contributed by atoms with Crippen molar-refractivity contribution in [2.45, 2.75) is 31.4 Å². The molecule has 7 nitrogen and oxygen atoms in total. The second-order valence-electron chi connectivity index (χ2n) is 7.48. The fraction of sp³-hybridized carbons (Fsp3) is 0.474. The van der Waals surface area contributed by atoms with E-state index in [4.69, 9.17) is 16.7 Å². The topological polar surface area (TPSA) is 103 Å². The average molecular weight is 411 g/mol. The summed E-state index contributed by atoms with van der Waals surface area (Å²) in [5.41, 5.74) is -0.697. The van der Waals surface area contributed by atoms with Gasteiger partial charge in [-0.2, -0.15) is 0 Å². The Hall–Kier alpha value is -2.16. The van der Waals surface area contributed by atoms with Crippen LogP contribution in [0.15, 0.2) is 17.1 Å². The zero-order valence-corrected chi connectivity index (χ0v) is 15.7. The van der Waals surface area contributed by atoms with E-state index in [1.54, 1.807) is 9.47 Å². The number of pyridine rings is 1. The van der Waals surface area contributed by atoms with Crippen LogP contribution in [-0.4, -0.2) is 51.7 Å². The Balaban J connectivity index is 1.89. The monoisotopic (exact) mass is 410 g/mol. The zero-order valence-electron chi connectivity index (χ0n) is 14.9. The minimum absolute atomic E-state index is 0.0274. The number of benzene rings is 1. The average Bonchev–Trinajstić information content (AvgIpc) is 3.39. The Morgan fingerprint density at radius 3 is 2.68 bits per heavy atom. The van der Waals surface area contributed by atoms with Crippen molar-refractivity contribution in [1.29, 1.82) is 0 Å². The molecule has 0 spiro atoms. The molecule has 2 heterocycles. The number of carboxylic acids is 1. The van der Waals surface area contributed by atoms with Crippen LogP contribution in [0.5, 0.6) is 0 Å². The fourth-order valence-electron chi connectivity index (χ4n) is 3.97. The highest BCUT2D eigenvalue weighted by atomic mass is 35.5. The second kappa shape index (κ2) is 7.02. The van der Waals surface area contributed by atoms with E-state index in [1.807, 2.05) is 0 Å². The van der Waals surface area contributed by atoms with E-state index >= 15 is 0 Å². The number of hydrogen-bond acceptors (Lipinski definition) is 5. The van der Waals surface area contributed by atoms with Gasteiger partial charge in [-0.1, -0.05) is 11.6 Å². The molecule has 2 aliphatic rings. The number of anilines is 1. The summed E-state index contributed by atoms with van der Waals surface area (Å²) in [5.74, 6) is -2.28. The van der Waals surface area contributed by atoms with Crippen LogP contribution in [0.25, 0.3) is 10.9 Å². The number of hydrogen-bond donors (Lipinski definition) is 3. The molecule has 1 aliphatic heterocycles. The number of rotatable bonds is 5. The molecular weight excluding hydrogens is 391 g/mol. The lowest BCUT2D eigenvalue weighted by atomic mass is 10.0. The van der Waals surface area contributed by atoms with Crippen LogP contribution in [0.3, 0.4) is 0 Å². The first-order chi connectivity index (χ1) is 13.3. The lowest BCUT2D eigenvalue weighted by Gasteiger charge is -2.24. The van der Waals surface area contributed by atoms with Crippen molar-refractivity contribution in [2.24, 2.45) is 5.92 Å². The van der Waals surface area contributed by atoms with Gasteiger partial charge in [0.2, 0.25) is 5.43 Å². The van der Waals surface area contributed by atoms with Gasteiger partial charge in [0.05, 0.1) is 34.3 Å². The van der Waals surface area contributed by atoms with E-state index in [1.165, 1.54) is 6.20 Å². The first kappa shape index (κ1) is 19.2. The van der Waals surface area contributed by atoms with Crippen molar-refractivity contribution >= 4 is 34.2 Å². The molecule has 0 amide bonds. The molecular formula is C19H20ClFN2O5. The summed E-state index contributed by atoms with van der Waals surface area (Å²) in [7, 11) is 0. The summed E-state index contributed by atoms with van der Waals surface area (Å²) >= 11 is 6.57. The Kier molecular flexibility index (Phi) is 4.81. The Labute approximate surface area is 164 Å². The smallest absolute Gasteiger partial charge is 0.341 e. The molecule has 28 heavy (non-hydrogen) atoms. The molecule has 1 saturated carbocycles. The quantitative estimate of drug-likeness (QED) is 0.696. The van der Waals surface area contributed by atoms with Gasteiger partial charge in [0.15, 0.2) is 0 Å². The van der Waals surface area contributed by atoms with Gasteiger partial charge in [-0.15, -0.1) is 0 Å². The van der Waals surface area contributed by atoms with Gasteiger partial charge in [0.25, 0.3) is 0 Å². The molecule has 0 radical (unpaired) electrons. The van der Waals surface area contributed by atoms with E-state index in [-0.39, 0.29) is 34.7 Å². The highest BCUT2D eigenvalue weighted by Crippen LogP contribution is 2.43. The Morgan fingerprint density at radius 1 is 1.36 bits per heavy atom. The number of aromatic nitrogens is 1. The number of aromatic carboxylic acids is 1. The van der Waals surface area contributed by atoms with Crippen LogP contribution in [0, 0.1) is 11.7 Å². The Morgan fingerprint density at radius 2 is 2.07 bits per heavy atom. The van der Waals surface area contributed by atoms with Crippen molar-refractivity contribution in [2.75, 3.05) is 24.6 Å². The summed E-state index contributed by atoms with van der Waals surface area (Å²) in [6, 6.07) is 1.08. The molecule has 0 bridgehead atoms. The van der Waals surface area contributed by atoms with Crippen LogP contribution >= 0.6 is 11.6 Å². The van der Waals surface area contributed by atoms with Crippen molar-refractivity contribution in [3.05, 3.63) is 38.9 Å². The molecule has 150 valence electrons. The minimum atomic E-state index is -1.36. The highest BCUT2D eigenvalue weighted by molar-refractivity contribution is 6.38. The lowest BCUT2D eigenvalue weighted by Crippen LogP contribution is -2.29. The zero-order chi connectivity index (χ0) is 20.2. The van der Waals surface area contributed by atoms with E-state index < -0.39 is 28.9 Å². The van der Waals surface area contributed by atoms with Crippen LogP contribution < -0.4 is 10.3 Å². The number of aliphatic hydroxyl groups is 2. The maximum absolute atomic E-state index is 15.0. The molecule has 3 N–H and O–H groups in total. The predicted molar refractivity (Wildman–Crippen MR) is 102 cm³/mol. The third-order valence-corrected chi connectivity index (χ3v) is 5.98. The number of halogens is 2.